The van der Waals surface area contributed by atoms with Crippen molar-refractivity contribution in [3.8, 4) is 0 Å². The molecule has 4 nitrogen and oxygen atoms in total. The van der Waals surface area contributed by atoms with E-state index in [4.69, 9.17) is 5.11 Å². The van der Waals surface area contributed by atoms with Crippen molar-refractivity contribution < 1.29 is 9.90 Å². The van der Waals surface area contributed by atoms with Crippen LogP contribution in [0.3, 0.4) is 0 Å². The Morgan fingerprint density at radius 3 is 2.45 bits per heavy atom. The number of hydrogen-bond donors (Lipinski definition) is 1. The summed E-state index contributed by atoms with van der Waals surface area (Å²) < 4.78 is 0. The average molecular weight is 268 g/mol. The smallest absolute Gasteiger partial charge is 0.354 e. The molecular weight excluding hydrogens is 252 g/mol. The zero-order valence-corrected chi connectivity index (χ0v) is 11.1. The van der Waals surface area contributed by atoms with Gasteiger partial charge in [-0.1, -0.05) is 43.2 Å². The highest BCUT2D eigenvalue weighted by atomic mass is 16.4. The van der Waals surface area contributed by atoms with Gasteiger partial charge in [-0.05, 0) is 24.5 Å². The third-order valence-electron chi connectivity index (χ3n) is 4.09. The van der Waals surface area contributed by atoms with Gasteiger partial charge in [-0.3, -0.25) is 0 Å². The molecule has 0 unspecified atom stereocenters. The highest BCUT2D eigenvalue weighted by molar-refractivity contribution is 5.85. The van der Waals surface area contributed by atoms with Gasteiger partial charge in [0.05, 0.1) is 5.41 Å². The van der Waals surface area contributed by atoms with Crippen LogP contribution in [0.5, 0.6) is 0 Å². The number of benzene rings is 1. The molecule has 0 atom stereocenters. The lowest BCUT2D eigenvalue weighted by Crippen LogP contribution is -2.27. The van der Waals surface area contributed by atoms with Crippen LogP contribution >= 0.6 is 0 Å². The Labute approximate surface area is 117 Å². The van der Waals surface area contributed by atoms with Crippen molar-refractivity contribution in [1.29, 1.82) is 0 Å². The van der Waals surface area contributed by atoms with E-state index >= 15 is 0 Å². The van der Waals surface area contributed by atoms with Gasteiger partial charge in [0.15, 0.2) is 5.69 Å². The summed E-state index contributed by atoms with van der Waals surface area (Å²) in [5.74, 6) is -0.365. The molecule has 0 aliphatic heterocycles. The van der Waals surface area contributed by atoms with Gasteiger partial charge in [0.1, 0.15) is 5.82 Å². The quantitative estimate of drug-likeness (QED) is 0.929. The number of carboxylic acids is 1. The monoisotopic (exact) mass is 268 g/mol. The minimum atomic E-state index is -1.00. The van der Waals surface area contributed by atoms with E-state index in [2.05, 4.69) is 22.1 Å². The molecule has 2 aromatic rings. The topological polar surface area (TPSA) is 63.1 Å². The van der Waals surface area contributed by atoms with Gasteiger partial charge in [0.2, 0.25) is 0 Å². The van der Waals surface area contributed by atoms with E-state index in [9.17, 15) is 4.79 Å². The number of rotatable bonds is 3. The molecule has 0 spiro atoms. The first kappa shape index (κ1) is 12.8. The summed E-state index contributed by atoms with van der Waals surface area (Å²) in [7, 11) is 0. The fourth-order valence-corrected chi connectivity index (χ4v) is 3.09. The van der Waals surface area contributed by atoms with Crippen molar-refractivity contribution in [2.75, 3.05) is 0 Å². The molecule has 1 heterocycles. The number of aromatic carboxylic acids is 1. The van der Waals surface area contributed by atoms with Gasteiger partial charge in [-0.2, -0.15) is 0 Å². The van der Waals surface area contributed by atoms with Crippen LogP contribution in [0.1, 0.15) is 47.6 Å². The standard InChI is InChI=1S/C16H16N2O2/c19-14(20)13-8-11-17-15(18-13)16(9-4-5-10-16)12-6-2-1-3-7-12/h1-3,6-8,11H,4-5,9-10H2,(H,19,20). The molecule has 0 saturated heterocycles. The van der Waals surface area contributed by atoms with Crippen LogP contribution in [0.25, 0.3) is 0 Å². The van der Waals surface area contributed by atoms with Crippen LogP contribution in [-0.4, -0.2) is 21.0 Å². The van der Waals surface area contributed by atoms with Gasteiger partial charge >= 0.3 is 5.97 Å². The minimum Gasteiger partial charge on any atom is -0.477 e. The predicted molar refractivity (Wildman–Crippen MR) is 74.7 cm³/mol. The molecule has 1 aromatic heterocycles. The van der Waals surface area contributed by atoms with Gasteiger partial charge in [0.25, 0.3) is 0 Å². The van der Waals surface area contributed by atoms with Gasteiger partial charge in [-0.25, -0.2) is 14.8 Å². The summed E-state index contributed by atoms with van der Waals surface area (Å²) in [6.07, 6.45) is 5.74. The number of carbonyl (C=O) groups is 1. The predicted octanol–water partition coefficient (Wildman–Crippen LogP) is 3.03. The number of nitrogens with zero attached hydrogens (tertiary/aromatic N) is 2. The Morgan fingerprint density at radius 1 is 1.10 bits per heavy atom. The van der Waals surface area contributed by atoms with Crippen LogP contribution in [-0.2, 0) is 5.41 Å². The number of hydrogen-bond acceptors (Lipinski definition) is 3. The molecule has 0 amide bonds. The zero-order chi connectivity index (χ0) is 14.0. The normalized spacial score (nSPS) is 17.0. The second kappa shape index (κ2) is 5.04. The van der Waals surface area contributed by atoms with Gasteiger partial charge < -0.3 is 5.11 Å². The van der Waals surface area contributed by atoms with Gasteiger partial charge in [-0.15, -0.1) is 0 Å². The van der Waals surface area contributed by atoms with Crippen molar-refractivity contribution in [1.82, 2.24) is 9.97 Å². The van der Waals surface area contributed by atoms with E-state index in [1.807, 2.05) is 18.2 Å². The summed E-state index contributed by atoms with van der Waals surface area (Å²) >= 11 is 0. The van der Waals surface area contributed by atoms with E-state index < -0.39 is 5.97 Å². The molecule has 102 valence electrons. The highest BCUT2D eigenvalue weighted by Gasteiger charge is 2.40. The van der Waals surface area contributed by atoms with E-state index in [1.54, 1.807) is 6.20 Å². The second-order valence-electron chi connectivity index (χ2n) is 5.23. The third kappa shape index (κ3) is 2.07. The van der Waals surface area contributed by atoms with Crippen molar-refractivity contribution in [3.05, 3.63) is 59.7 Å². The van der Waals surface area contributed by atoms with Crippen LogP contribution < -0.4 is 0 Å². The molecule has 1 aliphatic carbocycles. The summed E-state index contributed by atoms with van der Waals surface area (Å²) in [5.41, 5.74) is 1.02. The Morgan fingerprint density at radius 2 is 1.80 bits per heavy atom. The molecule has 1 saturated carbocycles. The summed E-state index contributed by atoms with van der Waals surface area (Å²) in [4.78, 5) is 19.8. The fraction of sp³-hybridized carbons (Fsp3) is 0.312. The third-order valence-corrected chi connectivity index (χ3v) is 4.09. The maximum Gasteiger partial charge on any atom is 0.354 e. The lowest BCUT2D eigenvalue weighted by atomic mass is 9.78. The molecule has 1 fully saturated rings. The molecule has 1 aromatic carbocycles. The van der Waals surface area contributed by atoms with Crippen molar-refractivity contribution in [2.45, 2.75) is 31.1 Å². The van der Waals surface area contributed by atoms with Crippen molar-refractivity contribution in [2.24, 2.45) is 0 Å². The van der Waals surface area contributed by atoms with E-state index in [0.717, 1.165) is 25.7 Å². The minimum absolute atomic E-state index is 0.0669. The van der Waals surface area contributed by atoms with Gasteiger partial charge in [0, 0.05) is 6.20 Å². The SMILES string of the molecule is O=C(O)c1ccnc(C2(c3ccccc3)CCCC2)n1. The molecule has 4 heteroatoms. The summed E-state index contributed by atoms with van der Waals surface area (Å²) in [6, 6.07) is 11.6. The first-order valence-electron chi connectivity index (χ1n) is 6.85. The number of carboxylic acid groups (broad SMARTS) is 1. The Balaban J connectivity index is 2.12. The van der Waals surface area contributed by atoms with Crippen LogP contribution in [0.2, 0.25) is 0 Å². The molecule has 1 aliphatic rings. The van der Waals surface area contributed by atoms with E-state index in [1.165, 1.54) is 11.6 Å². The zero-order valence-electron chi connectivity index (χ0n) is 11.1. The Kier molecular flexibility index (Phi) is 3.22. The second-order valence-corrected chi connectivity index (χ2v) is 5.23. The Bertz CT molecular complexity index is 619. The van der Waals surface area contributed by atoms with Crippen molar-refractivity contribution in [3.63, 3.8) is 0 Å². The summed E-state index contributed by atoms with van der Waals surface area (Å²) in [6.45, 7) is 0. The molecular formula is C16H16N2O2. The maximum absolute atomic E-state index is 11.1. The molecule has 0 bridgehead atoms. The maximum atomic E-state index is 11.1. The van der Waals surface area contributed by atoms with Crippen molar-refractivity contribution >= 4 is 5.97 Å². The molecule has 20 heavy (non-hydrogen) atoms. The van der Waals surface area contributed by atoms with E-state index in [0.29, 0.717) is 5.82 Å². The average Bonchev–Trinajstić information content (AvgIpc) is 2.99. The largest absolute Gasteiger partial charge is 0.477 e. The lowest BCUT2D eigenvalue weighted by Gasteiger charge is -2.28. The number of aromatic nitrogens is 2. The first-order chi connectivity index (χ1) is 9.72. The van der Waals surface area contributed by atoms with Crippen LogP contribution in [0, 0.1) is 0 Å². The van der Waals surface area contributed by atoms with E-state index in [-0.39, 0.29) is 11.1 Å². The molecule has 1 N–H and O–H groups in total. The highest BCUT2D eigenvalue weighted by Crippen LogP contribution is 2.44. The first-order valence-corrected chi connectivity index (χ1v) is 6.85. The van der Waals surface area contributed by atoms with Crippen LogP contribution in [0.15, 0.2) is 42.6 Å². The molecule has 3 rings (SSSR count). The Hall–Kier alpha value is -2.23. The fourth-order valence-electron chi connectivity index (χ4n) is 3.09. The summed E-state index contributed by atoms with van der Waals surface area (Å²) in [5, 5.41) is 9.12. The van der Waals surface area contributed by atoms with Crippen LogP contribution in [0.4, 0.5) is 0 Å². The lowest BCUT2D eigenvalue weighted by molar-refractivity contribution is 0.0689. The molecule has 0 radical (unpaired) electrons.